The summed E-state index contributed by atoms with van der Waals surface area (Å²) in [5, 5.41) is 13.8. The van der Waals surface area contributed by atoms with Crippen LogP contribution in [0.5, 0.6) is 0 Å². The first-order valence-corrected chi connectivity index (χ1v) is 6.84. The number of nitrogens with zero attached hydrogens (tertiary/aromatic N) is 2. The fourth-order valence-corrected chi connectivity index (χ4v) is 1.29. The van der Waals surface area contributed by atoms with Crippen LogP contribution < -0.4 is 10.6 Å². The van der Waals surface area contributed by atoms with Crippen LogP contribution in [0.3, 0.4) is 0 Å². The highest BCUT2D eigenvalue weighted by atomic mass is 32.2. The Balaban J connectivity index is 2.37. The third kappa shape index (κ3) is 4.28. The van der Waals surface area contributed by atoms with E-state index in [1.165, 1.54) is 0 Å². The van der Waals surface area contributed by atoms with E-state index >= 15 is 0 Å². The van der Waals surface area contributed by atoms with E-state index in [9.17, 15) is 4.21 Å². The van der Waals surface area contributed by atoms with Gasteiger partial charge >= 0.3 is 6.01 Å². The normalized spacial score (nSPS) is 14.7. The van der Waals surface area contributed by atoms with Gasteiger partial charge in [-0.1, -0.05) is 12.0 Å². The van der Waals surface area contributed by atoms with E-state index in [2.05, 4.69) is 20.8 Å². The van der Waals surface area contributed by atoms with Crippen LogP contribution in [0.1, 0.15) is 19.7 Å². The Hall–Kier alpha value is -0.950. The van der Waals surface area contributed by atoms with Gasteiger partial charge in [-0.15, -0.1) is 5.10 Å². The van der Waals surface area contributed by atoms with Crippen molar-refractivity contribution in [2.75, 3.05) is 24.7 Å². The number of anilines is 1. The van der Waals surface area contributed by atoms with Crippen LogP contribution in [-0.2, 0) is 17.3 Å². The van der Waals surface area contributed by atoms with Gasteiger partial charge in [0.1, 0.15) is 0 Å². The predicted octanol–water partition coefficient (Wildman–Crippen LogP) is 0.358. The zero-order valence-corrected chi connectivity index (χ0v) is 10.6. The summed E-state index contributed by atoms with van der Waals surface area (Å²) in [6.07, 6.45) is 1.68. The van der Waals surface area contributed by atoms with Gasteiger partial charge in [0, 0.05) is 28.9 Å². The van der Waals surface area contributed by atoms with Crippen LogP contribution in [0.25, 0.3) is 0 Å². The predicted molar refractivity (Wildman–Crippen MR) is 63.7 cm³/mol. The van der Waals surface area contributed by atoms with Gasteiger partial charge in [-0.05, 0) is 13.5 Å². The molecule has 16 heavy (non-hydrogen) atoms. The number of rotatable bonds is 7. The van der Waals surface area contributed by atoms with Crippen molar-refractivity contribution in [2.24, 2.45) is 0 Å². The Morgan fingerprint density at radius 1 is 1.50 bits per heavy atom. The molecule has 0 saturated carbocycles. The summed E-state index contributed by atoms with van der Waals surface area (Å²) in [6, 6.07) is 0.380. The summed E-state index contributed by atoms with van der Waals surface area (Å²) in [5.41, 5.74) is 0. The minimum Gasteiger partial charge on any atom is -0.407 e. The lowest BCUT2D eigenvalue weighted by Crippen LogP contribution is -2.20. The molecule has 0 amide bonds. The van der Waals surface area contributed by atoms with Crippen LogP contribution >= 0.6 is 0 Å². The zero-order valence-electron chi connectivity index (χ0n) is 9.82. The van der Waals surface area contributed by atoms with Crippen LogP contribution in [0.4, 0.5) is 6.01 Å². The molecule has 0 spiro atoms. The minimum atomic E-state index is -0.847. The smallest absolute Gasteiger partial charge is 0.315 e. The van der Waals surface area contributed by atoms with E-state index in [1.807, 2.05) is 13.8 Å². The Morgan fingerprint density at radius 2 is 2.25 bits per heavy atom. The lowest BCUT2D eigenvalue weighted by molar-refractivity contribution is 0.481. The first-order valence-electron chi connectivity index (χ1n) is 5.22. The molecule has 1 aromatic heterocycles. The monoisotopic (exact) mass is 246 g/mol. The van der Waals surface area contributed by atoms with Gasteiger partial charge in [-0.3, -0.25) is 4.21 Å². The molecule has 0 aromatic carbocycles. The second-order valence-corrected chi connectivity index (χ2v) is 5.27. The molecule has 0 aliphatic heterocycles. The highest BCUT2D eigenvalue weighted by Gasteiger charge is 2.09. The molecule has 0 aliphatic carbocycles. The highest BCUT2D eigenvalue weighted by Crippen LogP contribution is 2.05. The topological polar surface area (TPSA) is 80.0 Å². The van der Waals surface area contributed by atoms with E-state index in [-0.39, 0.29) is 5.25 Å². The van der Waals surface area contributed by atoms with E-state index in [0.717, 1.165) is 6.54 Å². The number of hydrogen-bond acceptors (Lipinski definition) is 6. The average molecular weight is 246 g/mol. The van der Waals surface area contributed by atoms with Crippen molar-refractivity contribution < 1.29 is 8.63 Å². The third-order valence-corrected chi connectivity index (χ3v) is 3.40. The Bertz CT molecular complexity index is 342. The molecular weight excluding hydrogens is 228 g/mol. The quantitative estimate of drug-likeness (QED) is 0.723. The number of nitrogens with one attached hydrogen (secondary N) is 2. The van der Waals surface area contributed by atoms with Crippen molar-refractivity contribution in [3.05, 3.63) is 5.89 Å². The number of hydrogen-bond donors (Lipinski definition) is 2. The van der Waals surface area contributed by atoms with E-state index in [4.69, 9.17) is 4.42 Å². The van der Waals surface area contributed by atoms with Gasteiger partial charge in [-0.2, -0.15) is 0 Å². The molecule has 0 aliphatic rings. The van der Waals surface area contributed by atoms with Gasteiger partial charge in [0.2, 0.25) is 5.89 Å². The molecule has 7 heteroatoms. The van der Waals surface area contributed by atoms with Crippen molar-refractivity contribution in [2.45, 2.75) is 25.6 Å². The van der Waals surface area contributed by atoms with Crippen LogP contribution in [0.15, 0.2) is 4.42 Å². The van der Waals surface area contributed by atoms with Crippen molar-refractivity contribution in [3.63, 3.8) is 0 Å². The first-order chi connectivity index (χ1) is 7.63. The summed E-state index contributed by atoms with van der Waals surface area (Å²) in [5.74, 6) is 0.551. The molecule has 92 valence electrons. The van der Waals surface area contributed by atoms with E-state index in [1.54, 1.807) is 6.26 Å². The summed E-state index contributed by atoms with van der Waals surface area (Å²) in [7, 11) is -0.847. The van der Waals surface area contributed by atoms with Crippen LogP contribution in [-0.4, -0.2) is 39.0 Å². The fourth-order valence-electron chi connectivity index (χ4n) is 0.977. The summed E-state index contributed by atoms with van der Waals surface area (Å²) < 4.78 is 16.4. The Labute approximate surface area is 97.7 Å². The van der Waals surface area contributed by atoms with Gasteiger partial charge in [0.05, 0.1) is 6.54 Å². The van der Waals surface area contributed by atoms with Crippen LogP contribution in [0.2, 0.25) is 0 Å². The average Bonchev–Trinajstić information content (AvgIpc) is 2.70. The molecule has 0 saturated heterocycles. The molecule has 1 rings (SSSR count). The minimum absolute atomic E-state index is 0.0594. The van der Waals surface area contributed by atoms with Gasteiger partial charge in [0.15, 0.2) is 0 Å². The number of aromatic nitrogens is 2. The zero-order chi connectivity index (χ0) is 12.0. The molecule has 1 heterocycles. The Kier molecular flexibility index (Phi) is 5.41. The molecule has 6 nitrogen and oxygen atoms in total. The van der Waals surface area contributed by atoms with Crippen molar-refractivity contribution >= 4 is 16.8 Å². The standard InChI is InChI=1S/C9H18N4O2S/c1-4-10-6-8-12-13-9(15-8)11-5-7(2)16(3)14/h7,10H,4-6H2,1-3H3,(H,11,13). The first kappa shape index (κ1) is 13.1. The maximum absolute atomic E-state index is 11.1. The largest absolute Gasteiger partial charge is 0.407 e. The molecule has 1 aromatic rings. The van der Waals surface area contributed by atoms with Gasteiger partial charge < -0.3 is 15.1 Å². The maximum Gasteiger partial charge on any atom is 0.315 e. The molecule has 0 fully saturated rings. The molecular formula is C9H18N4O2S. The maximum atomic E-state index is 11.1. The van der Waals surface area contributed by atoms with Crippen molar-refractivity contribution in [3.8, 4) is 0 Å². The summed E-state index contributed by atoms with van der Waals surface area (Å²) in [4.78, 5) is 0. The van der Waals surface area contributed by atoms with Gasteiger partial charge in [-0.25, -0.2) is 0 Å². The molecule has 2 N–H and O–H groups in total. The third-order valence-electron chi connectivity index (χ3n) is 2.10. The lowest BCUT2D eigenvalue weighted by atomic mass is 10.5. The van der Waals surface area contributed by atoms with Crippen molar-refractivity contribution in [1.82, 2.24) is 15.5 Å². The van der Waals surface area contributed by atoms with E-state index < -0.39 is 10.8 Å². The van der Waals surface area contributed by atoms with E-state index in [0.29, 0.717) is 25.0 Å². The summed E-state index contributed by atoms with van der Waals surface area (Å²) in [6.45, 7) is 5.90. The molecule has 0 radical (unpaired) electrons. The summed E-state index contributed by atoms with van der Waals surface area (Å²) >= 11 is 0. The van der Waals surface area contributed by atoms with Crippen molar-refractivity contribution in [1.29, 1.82) is 0 Å². The van der Waals surface area contributed by atoms with Gasteiger partial charge in [0.25, 0.3) is 0 Å². The second-order valence-electron chi connectivity index (χ2n) is 3.47. The highest BCUT2D eigenvalue weighted by molar-refractivity contribution is 7.84. The fraction of sp³-hybridized carbons (Fsp3) is 0.778. The SMILES string of the molecule is CCNCc1nnc(NCC(C)S(C)=O)o1. The molecule has 0 bridgehead atoms. The van der Waals surface area contributed by atoms with Crippen LogP contribution in [0, 0.1) is 0 Å². The molecule has 2 unspecified atom stereocenters. The Morgan fingerprint density at radius 3 is 2.88 bits per heavy atom. The molecule has 2 atom stereocenters. The lowest BCUT2D eigenvalue weighted by Gasteiger charge is -2.06. The second kappa shape index (κ2) is 6.59.